The fourth-order valence-electron chi connectivity index (χ4n) is 1.09. The second-order valence-corrected chi connectivity index (χ2v) is 3.08. The number of carbonyl (C=O) groups is 1. The van der Waals surface area contributed by atoms with Crippen LogP contribution in [0.4, 0.5) is 5.69 Å². The number of benzene rings is 1. The summed E-state index contributed by atoms with van der Waals surface area (Å²) >= 11 is 0. The van der Waals surface area contributed by atoms with Gasteiger partial charge in [-0.3, -0.25) is 10.1 Å². The first-order valence-electron chi connectivity index (χ1n) is 4.66. The van der Waals surface area contributed by atoms with Gasteiger partial charge in [-0.15, -0.1) is 0 Å². The second kappa shape index (κ2) is 5.69. The minimum Gasteiger partial charge on any atom is -0.550 e. The van der Waals surface area contributed by atoms with Crippen LogP contribution >= 0.6 is 0 Å². The van der Waals surface area contributed by atoms with Crippen molar-refractivity contribution < 1.29 is 19.6 Å². The molecule has 0 saturated carbocycles. The van der Waals surface area contributed by atoms with Gasteiger partial charge in [0.25, 0.3) is 5.69 Å². The average molecular weight is 224 g/mol. The summed E-state index contributed by atoms with van der Waals surface area (Å²) in [5.41, 5.74) is -0.0580. The van der Waals surface area contributed by atoms with Crippen molar-refractivity contribution in [2.45, 2.75) is 12.8 Å². The number of non-ortho nitro benzene ring substituents is 1. The van der Waals surface area contributed by atoms with Crippen molar-refractivity contribution in [3.05, 3.63) is 34.4 Å². The van der Waals surface area contributed by atoms with Crippen LogP contribution < -0.4 is 9.84 Å². The molecule has 86 valence electrons. The highest BCUT2D eigenvalue weighted by Gasteiger charge is 2.05. The fraction of sp³-hybridized carbons (Fsp3) is 0.300. The number of nitro benzene ring substituents is 1. The number of hydrogen-bond donors (Lipinski definition) is 0. The van der Waals surface area contributed by atoms with Gasteiger partial charge in [-0.2, -0.15) is 0 Å². The van der Waals surface area contributed by atoms with Crippen molar-refractivity contribution in [1.82, 2.24) is 0 Å². The Morgan fingerprint density at radius 2 is 2.19 bits per heavy atom. The number of nitrogens with zero attached hydrogens (tertiary/aromatic N) is 1. The summed E-state index contributed by atoms with van der Waals surface area (Å²) in [6, 6.07) is 5.73. The molecule has 1 aromatic rings. The number of carbonyl (C=O) groups excluding carboxylic acids is 1. The Bertz CT molecular complexity index is 391. The smallest absolute Gasteiger partial charge is 0.273 e. The summed E-state index contributed by atoms with van der Waals surface area (Å²) in [5, 5.41) is 20.5. The molecule has 0 fully saturated rings. The molecule has 6 nitrogen and oxygen atoms in total. The first kappa shape index (κ1) is 12.0. The molecule has 0 unspecified atom stereocenters. The van der Waals surface area contributed by atoms with E-state index in [4.69, 9.17) is 4.74 Å². The number of nitro groups is 1. The Kier molecular flexibility index (Phi) is 4.26. The van der Waals surface area contributed by atoms with Gasteiger partial charge in [-0.1, -0.05) is 6.07 Å². The van der Waals surface area contributed by atoms with Gasteiger partial charge in [0.2, 0.25) is 0 Å². The standard InChI is InChI=1S/C10H11NO5/c12-10(13)5-2-6-16-9-4-1-3-8(7-9)11(14)15/h1,3-4,7H,2,5-6H2,(H,12,13)/p-1. The fourth-order valence-corrected chi connectivity index (χ4v) is 1.09. The summed E-state index contributed by atoms with van der Waals surface area (Å²) in [7, 11) is 0. The minimum atomic E-state index is -1.14. The van der Waals surface area contributed by atoms with Gasteiger partial charge < -0.3 is 14.6 Å². The Labute approximate surface area is 91.6 Å². The first-order chi connectivity index (χ1) is 7.59. The predicted molar refractivity (Wildman–Crippen MR) is 52.8 cm³/mol. The number of carboxylic acid groups (broad SMARTS) is 1. The molecule has 1 aromatic carbocycles. The van der Waals surface area contributed by atoms with Crippen LogP contribution in [0.15, 0.2) is 24.3 Å². The van der Waals surface area contributed by atoms with Gasteiger partial charge in [0.05, 0.1) is 17.6 Å². The first-order valence-corrected chi connectivity index (χ1v) is 4.66. The van der Waals surface area contributed by atoms with Crippen LogP contribution in [0, 0.1) is 10.1 Å². The summed E-state index contributed by atoms with van der Waals surface area (Å²) in [5.74, 6) is -0.782. The molecule has 0 bridgehead atoms. The molecular formula is C10H10NO5-. The van der Waals surface area contributed by atoms with Gasteiger partial charge >= 0.3 is 0 Å². The van der Waals surface area contributed by atoms with E-state index in [0.717, 1.165) is 0 Å². The number of aliphatic carboxylic acids is 1. The summed E-state index contributed by atoms with van der Waals surface area (Å²) < 4.78 is 5.15. The molecule has 0 aliphatic rings. The Morgan fingerprint density at radius 1 is 1.44 bits per heavy atom. The van der Waals surface area contributed by atoms with Crippen LogP contribution in [-0.4, -0.2) is 17.5 Å². The maximum absolute atomic E-state index is 10.4. The molecule has 0 atom stereocenters. The molecule has 0 saturated heterocycles. The van der Waals surface area contributed by atoms with Crippen molar-refractivity contribution in [2.24, 2.45) is 0 Å². The van der Waals surface area contributed by atoms with Gasteiger partial charge in [-0.25, -0.2) is 0 Å². The molecule has 0 amide bonds. The van der Waals surface area contributed by atoms with E-state index in [-0.39, 0.29) is 18.7 Å². The summed E-state index contributed by atoms with van der Waals surface area (Å²) in [6.07, 6.45) is 0.222. The van der Waals surface area contributed by atoms with E-state index in [0.29, 0.717) is 12.2 Å². The maximum atomic E-state index is 10.4. The third-order valence-corrected chi connectivity index (χ3v) is 1.82. The highest BCUT2D eigenvalue weighted by Crippen LogP contribution is 2.19. The molecular weight excluding hydrogens is 214 g/mol. The van der Waals surface area contributed by atoms with Crippen LogP contribution in [0.3, 0.4) is 0 Å². The lowest BCUT2D eigenvalue weighted by atomic mass is 10.3. The van der Waals surface area contributed by atoms with E-state index >= 15 is 0 Å². The summed E-state index contributed by atoms with van der Waals surface area (Å²) in [4.78, 5) is 20.0. The van der Waals surface area contributed by atoms with Gasteiger partial charge in [0, 0.05) is 12.0 Å². The molecule has 0 radical (unpaired) electrons. The van der Waals surface area contributed by atoms with Crippen LogP contribution in [0.2, 0.25) is 0 Å². The lowest BCUT2D eigenvalue weighted by Gasteiger charge is -2.05. The average Bonchev–Trinajstić information content (AvgIpc) is 2.24. The van der Waals surface area contributed by atoms with Crippen LogP contribution in [-0.2, 0) is 4.79 Å². The van der Waals surface area contributed by atoms with E-state index in [1.807, 2.05) is 0 Å². The Morgan fingerprint density at radius 3 is 2.81 bits per heavy atom. The van der Waals surface area contributed by atoms with E-state index in [1.165, 1.54) is 18.2 Å². The molecule has 1 rings (SSSR count). The third kappa shape index (κ3) is 3.95. The number of rotatable bonds is 6. The molecule has 0 N–H and O–H groups in total. The van der Waals surface area contributed by atoms with Crippen molar-refractivity contribution in [1.29, 1.82) is 0 Å². The molecule has 0 heterocycles. The molecule has 0 aromatic heterocycles. The van der Waals surface area contributed by atoms with Gasteiger partial charge in [-0.05, 0) is 18.9 Å². The zero-order valence-electron chi connectivity index (χ0n) is 8.42. The lowest BCUT2D eigenvalue weighted by molar-refractivity contribution is -0.384. The Balaban J connectivity index is 2.45. The molecule has 0 aliphatic heterocycles. The summed E-state index contributed by atoms with van der Waals surface area (Å²) in [6.45, 7) is 0.190. The second-order valence-electron chi connectivity index (χ2n) is 3.08. The van der Waals surface area contributed by atoms with E-state index in [9.17, 15) is 20.0 Å². The van der Waals surface area contributed by atoms with Crippen LogP contribution in [0.25, 0.3) is 0 Å². The molecule has 6 heteroatoms. The Hall–Kier alpha value is -2.11. The van der Waals surface area contributed by atoms with E-state index in [1.54, 1.807) is 6.07 Å². The molecule has 0 aliphatic carbocycles. The lowest BCUT2D eigenvalue weighted by Crippen LogP contribution is -2.22. The third-order valence-electron chi connectivity index (χ3n) is 1.82. The quantitative estimate of drug-likeness (QED) is 0.398. The van der Waals surface area contributed by atoms with Crippen molar-refractivity contribution >= 4 is 11.7 Å². The topological polar surface area (TPSA) is 92.5 Å². The number of hydrogen-bond acceptors (Lipinski definition) is 5. The monoisotopic (exact) mass is 224 g/mol. The largest absolute Gasteiger partial charge is 0.550 e. The van der Waals surface area contributed by atoms with Crippen LogP contribution in [0.1, 0.15) is 12.8 Å². The zero-order valence-corrected chi connectivity index (χ0v) is 8.42. The van der Waals surface area contributed by atoms with Crippen molar-refractivity contribution in [3.63, 3.8) is 0 Å². The minimum absolute atomic E-state index is 0.0580. The zero-order chi connectivity index (χ0) is 12.0. The van der Waals surface area contributed by atoms with E-state index < -0.39 is 10.9 Å². The van der Waals surface area contributed by atoms with Crippen LogP contribution in [0.5, 0.6) is 5.75 Å². The van der Waals surface area contributed by atoms with Crippen molar-refractivity contribution in [2.75, 3.05) is 6.61 Å². The van der Waals surface area contributed by atoms with Gasteiger partial charge in [0.1, 0.15) is 5.75 Å². The molecule has 16 heavy (non-hydrogen) atoms. The normalized spacial score (nSPS) is 9.75. The van der Waals surface area contributed by atoms with Gasteiger partial charge in [0.15, 0.2) is 0 Å². The number of ether oxygens (including phenoxy) is 1. The van der Waals surface area contributed by atoms with Crippen molar-refractivity contribution in [3.8, 4) is 5.75 Å². The predicted octanol–water partition coefficient (Wildman–Crippen LogP) is 0.504. The molecule has 0 spiro atoms. The number of carboxylic acids is 1. The highest BCUT2D eigenvalue weighted by atomic mass is 16.6. The SMILES string of the molecule is O=C([O-])CCCOc1cccc([N+](=O)[O-])c1. The maximum Gasteiger partial charge on any atom is 0.273 e. The highest BCUT2D eigenvalue weighted by molar-refractivity contribution is 5.64. The van der Waals surface area contributed by atoms with E-state index in [2.05, 4.69) is 0 Å².